The Bertz CT molecular complexity index is 589. The lowest BCUT2D eigenvalue weighted by Gasteiger charge is -2.19. The van der Waals surface area contributed by atoms with E-state index in [1.807, 2.05) is 24.3 Å². The van der Waals surface area contributed by atoms with Crippen molar-refractivity contribution in [3.63, 3.8) is 0 Å². The number of carbonyl (C=O) groups excluding carboxylic acids is 1. The van der Waals surface area contributed by atoms with Gasteiger partial charge in [0.05, 0.1) is 5.33 Å². The summed E-state index contributed by atoms with van der Waals surface area (Å²) in [6.07, 6.45) is 0. The second-order valence-corrected chi connectivity index (χ2v) is 6.52. The Kier molecular flexibility index (Phi) is 4.44. The topological polar surface area (TPSA) is 17.1 Å². The monoisotopic (exact) mass is 330 g/mol. The molecule has 20 heavy (non-hydrogen) atoms. The smallest absolute Gasteiger partial charge is 0.173 e. The van der Waals surface area contributed by atoms with Gasteiger partial charge in [0.1, 0.15) is 0 Å². The van der Waals surface area contributed by atoms with Gasteiger partial charge >= 0.3 is 0 Å². The van der Waals surface area contributed by atoms with Crippen molar-refractivity contribution in [2.24, 2.45) is 0 Å². The summed E-state index contributed by atoms with van der Waals surface area (Å²) >= 11 is 3.19. The molecule has 0 aliphatic rings. The molecule has 1 nitrogen and oxygen atoms in total. The molecule has 0 aliphatic carbocycles. The van der Waals surface area contributed by atoms with E-state index < -0.39 is 0 Å². The van der Waals surface area contributed by atoms with Gasteiger partial charge in [-0.25, -0.2) is 0 Å². The molecule has 104 valence electrons. The minimum Gasteiger partial charge on any atom is -0.293 e. The molecule has 0 bridgehead atoms. The highest BCUT2D eigenvalue weighted by atomic mass is 79.9. The maximum atomic E-state index is 11.6. The van der Waals surface area contributed by atoms with E-state index in [0.29, 0.717) is 5.33 Å². The molecule has 0 unspecified atom stereocenters. The molecule has 0 amide bonds. The third-order valence-electron chi connectivity index (χ3n) is 3.41. The number of ketones is 1. The first-order chi connectivity index (χ1) is 9.41. The molecular weight excluding hydrogens is 312 g/mol. The van der Waals surface area contributed by atoms with Crippen LogP contribution in [0, 0.1) is 0 Å². The molecule has 0 saturated carbocycles. The Hall–Kier alpha value is -1.41. The standard InChI is InChI=1S/C18H19BrO/c1-18(2,3)16-10-8-14(9-11-16)13-4-6-15(7-5-13)17(20)12-19/h4-11H,12H2,1-3H3. The van der Waals surface area contributed by atoms with Crippen LogP contribution in [0.5, 0.6) is 0 Å². The lowest BCUT2D eigenvalue weighted by Crippen LogP contribution is -2.10. The van der Waals surface area contributed by atoms with E-state index in [0.717, 1.165) is 11.1 Å². The average Bonchev–Trinajstić information content (AvgIpc) is 2.46. The van der Waals surface area contributed by atoms with Gasteiger partial charge in [0, 0.05) is 5.56 Å². The fourth-order valence-corrected chi connectivity index (χ4v) is 2.41. The van der Waals surface area contributed by atoms with Crippen LogP contribution in [0.1, 0.15) is 36.7 Å². The van der Waals surface area contributed by atoms with E-state index >= 15 is 0 Å². The first-order valence-electron chi connectivity index (χ1n) is 6.72. The second-order valence-electron chi connectivity index (χ2n) is 5.96. The zero-order chi connectivity index (χ0) is 14.8. The van der Waals surface area contributed by atoms with E-state index in [-0.39, 0.29) is 11.2 Å². The highest BCUT2D eigenvalue weighted by Crippen LogP contribution is 2.26. The van der Waals surface area contributed by atoms with Crippen LogP contribution in [0.2, 0.25) is 0 Å². The van der Waals surface area contributed by atoms with Gasteiger partial charge in [-0.3, -0.25) is 4.79 Å². The molecule has 0 aromatic heterocycles. The van der Waals surface area contributed by atoms with Gasteiger partial charge in [0.25, 0.3) is 0 Å². The van der Waals surface area contributed by atoms with Crippen LogP contribution in [0.15, 0.2) is 48.5 Å². The summed E-state index contributed by atoms with van der Waals surface area (Å²) in [6, 6.07) is 16.4. The Balaban J connectivity index is 2.26. The number of Topliss-reactive ketones (excluding diaryl/α,β-unsaturated/α-hetero) is 1. The SMILES string of the molecule is CC(C)(C)c1ccc(-c2ccc(C(=O)CBr)cc2)cc1. The third-order valence-corrected chi connectivity index (χ3v) is 3.92. The molecule has 2 heteroatoms. The van der Waals surface area contributed by atoms with Crippen molar-refractivity contribution in [1.82, 2.24) is 0 Å². The molecule has 0 radical (unpaired) electrons. The molecule has 0 spiro atoms. The van der Waals surface area contributed by atoms with Crippen LogP contribution < -0.4 is 0 Å². The molecule has 0 heterocycles. The first kappa shape index (κ1) is 15.0. The van der Waals surface area contributed by atoms with E-state index in [2.05, 4.69) is 61.0 Å². The molecule has 2 aromatic rings. The van der Waals surface area contributed by atoms with Gasteiger partial charge in [0.2, 0.25) is 0 Å². The van der Waals surface area contributed by atoms with Gasteiger partial charge in [-0.2, -0.15) is 0 Å². The van der Waals surface area contributed by atoms with Crippen LogP contribution in [0.3, 0.4) is 0 Å². The predicted octanol–water partition coefficient (Wildman–Crippen LogP) is 5.23. The number of benzene rings is 2. The van der Waals surface area contributed by atoms with Gasteiger partial charge < -0.3 is 0 Å². The summed E-state index contributed by atoms with van der Waals surface area (Å²) in [5.41, 5.74) is 4.56. The van der Waals surface area contributed by atoms with Gasteiger partial charge in [0.15, 0.2) is 5.78 Å². The lowest BCUT2D eigenvalue weighted by atomic mass is 9.86. The van der Waals surface area contributed by atoms with Crippen molar-refractivity contribution < 1.29 is 4.79 Å². The van der Waals surface area contributed by atoms with Crippen molar-refractivity contribution in [3.05, 3.63) is 59.7 Å². The summed E-state index contributed by atoms with van der Waals surface area (Å²) in [4.78, 5) is 11.6. The number of halogens is 1. The molecule has 0 aliphatic heterocycles. The Morgan fingerprint density at radius 1 is 0.900 bits per heavy atom. The lowest BCUT2D eigenvalue weighted by molar-refractivity contribution is 0.102. The third kappa shape index (κ3) is 3.37. The summed E-state index contributed by atoms with van der Waals surface area (Å²) in [5.74, 6) is 0.111. The number of hydrogen-bond acceptors (Lipinski definition) is 1. The van der Waals surface area contributed by atoms with Crippen LogP contribution in [-0.4, -0.2) is 11.1 Å². The van der Waals surface area contributed by atoms with E-state index in [4.69, 9.17) is 0 Å². The van der Waals surface area contributed by atoms with Crippen LogP contribution >= 0.6 is 15.9 Å². The van der Waals surface area contributed by atoms with E-state index in [1.165, 1.54) is 11.1 Å². The number of carbonyl (C=O) groups is 1. The largest absolute Gasteiger partial charge is 0.293 e. The van der Waals surface area contributed by atoms with Crippen LogP contribution in [0.25, 0.3) is 11.1 Å². The summed E-state index contributed by atoms with van der Waals surface area (Å²) in [6.45, 7) is 6.63. The van der Waals surface area contributed by atoms with Crippen LogP contribution in [0.4, 0.5) is 0 Å². The summed E-state index contributed by atoms with van der Waals surface area (Å²) in [7, 11) is 0. The normalized spacial score (nSPS) is 11.4. The molecule has 2 rings (SSSR count). The molecule has 0 atom stereocenters. The number of hydrogen-bond donors (Lipinski definition) is 0. The second kappa shape index (κ2) is 5.92. The average molecular weight is 331 g/mol. The maximum Gasteiger partial charge on any atom is 0.173 e. The predicted molar refractivity (Wildman–Crippen MR) is 88.7 cm³/mol. The maximum absolute atomic E-state index is 11.6. The quantitative estimate of drug-likeness (QED) is 0.556. The summed E-state index contributed by atoms with van der Waals surface area (Å²) in [5, 5.41) is 0.368. The van der Waals surface area contributed by atoms with Gasteiger partial charge in [-0.15, -0.1) is 0 Å². The van der Waals surface area contributed by atoms with Crippen molar-refractivity contribution in [2.45, 2.75) is 26.2 Å². The summed E-state index contributed by atoms with van der Waals surface area (Å²) < 4.78 is 0. The Morgan fingerprint density at radius 2 is 1.35 bits per heavy atom. The first-order valence-corrected chi connectivity index (χ1v) is 7.84. The van der Waals surface area contributed by atoms with Gasteiger partial charge in [-0.05, 0) is 22.1 Å². The zero-order valence-electron chi connectivity index (χ0n) is 12.1. The van der Waals surface area contributed by atoms with Crippen molar-refractivity contribution in [1.29, 1.82) is 0 Å². The number of rotatable bonds is 3. The molecule has 0 saturated heterocycles. The Labute approximate surface area is 129 Å². The highest BCUT2D eigenvalue weighted by molar-refractivity contribution is 9.09. The fourth-order valence-electron chi connectivity index (χ4n) is 2.09. The van der Waals surface area contributed by atoms with Crippen LogP contribution in [-0.2, 0) is 5.41 Å². The molecule has 2 aromatic carbocycles. The minimum absolute atomic E-state index is 0.111. The van der Waals surface area contributed by atoms with E-state index in [9.17, 15) is 4.79 Å². The minimum atomic E-state index is 0.111. The fraction of sp³-hybridized carbons (Fsp3) is 0.278. The van der Waals surface area contributed by atoms with Crippen molar-refractivity contribution in [2.75, 3.05) is 5.33 Å². The number of alkyl halides is 1. The molecular formula is C18H19BrO. The van der Waals surface area contributed by atoms with E-state index in [1.54, 1.807) is 0 Å². The Morgan fingerprint density at radius 3 is 1.75 bits per heavy atom. The van der Waals surface area contributed by atoms with Crippen molar-refractivity contribution >= 4 is 21.7 Å². The molecule has 0 N–H and O–H groups in total. The zero-order valence-corrected chi connectivity index (χ0v) is 13.7. The van der Waals surface area contributed by atoms with Gasteiger partial charge in [-0.1, -0.05) is 85.2 Å². The van der Waals surface area contributed by atoms with Crippen molar-refractivity contribution in [3.8, 4) is 11.1 Å². The highest BCUT2D eigenvalue weighted by Gasteiger charge is 2.13. The molecule has 0 fully saturated rings.